The summed E-state index contributed by atoms with van der Waals surface area (Å²) in [6, 6.07) is 0. The zero-order valence-corrected chi connectivity index (χ0v) is 8.81. The molecule has 0 saturated carbocycles. The highest BCUT2D eigenvalue weighted by Crippen LogP contribution is 2.10. The first-order chi connectivity index (χ1) is 5.52. The van der Waals surface area contributed by atoms with E-state index < -0.39 is 0 Å². The van der Waals surface area contributed by atoms with Gasteiger partial charge in [-0.2, -0.15) is 0 Å². The van der Waals surface area contributed by atoms with Gasteiger partial charge in [0.2, 0.25) is 0 Å². The molecule has 0 aromatic heterocycles. The van der Waals surface area contributed by atoms with Gasteiger partial charge in [-0.3, -0.25) is 0 Å². The summed E-state index contributed by atoms with van der Waals surface area (Å²) >= 11 is 0. The highest BCUT2D eigenvalue weighted by molar-refractivity contribution is 4.72. The average Bonchev–Trinajstić information content (AvgIpc) is 1.85. The van der Waals surface area contributed by atoms with Crippen LogP contribution in [0.3, 0.4) is 0 Å². The van der Waals surface area contributed by atoms with Crippen molar-refractivity contribution in [2.75, 3.05) is 27.3 Å². The molecule has 12 heavy (non-hydrogen) atoms. The van der Waals surface area contributed by atoms with Gasteiger partial charge in [-0.05, 0) is 27.8 Å². The average molecular weight is 175 g/mol. The molecule has 1 unspecified atom stereocenters. The summed E-state index contributed by atoms with van der Waals surface area (Å²) in [6.07, 6.45) is 0.151. The molecule has 0 aliphatic heterocycles. The monoisotopic (exact) mass is 175 g/mol. The van der Waals surface area contributed by atoms with E-state index in [9.17, 15) is 0 Å². The van der Waals surface area contributed by atoms with Crippen LogP contribution in [0, 0.1) is 0 Å². The van der Waals surface area contributed by atoms with Crippen LogP contribution in [-0.4, -0.2) is 39.0 Å². The Hall–Kier alpha value is -0.120. The Morgan fingerprint density at radius 1 is 1.42 bits per heavy atom. The number of likely N-dealkylation sites (N-methyl/N-ethyl adjacent to an activating group) is 1. The molecular formula is C9H21NO2. The van der Waals surface area contributed by atoms with Crippen LogP contribution in [0.1, 0.15) is 20.8 Å². The highest BCUT2D eigenvalue weighted by Gasteiger charge is 2.20. The molecule has 0 aliphatic carbocycles. The first kappa shape index (κ1) is 11.9. The van der Waals surface area contributed by atoms with Gasteiger partial charge in [0.1, 0.15) is 0 Å². The van der Waals surface area contributed by atoms with Gasteiger partial charge in [-0.25, -0.2) is 0 Å². The number of ether oxygens (including phenoxy) is 2. The maximum atomic E-state index is 5.73. The molecule has 0 amide bonds. The molecule has 0 heterocycles. The number of hydrogen-bond donors (Lipinski definition) is 1. The van der Waals surface area contributed by atoms with E-state index in [-0.39, 0.29) is 11.7 Å². The van der Waals surface area contributed by atoms with Crippen LogP contribution in [-0.2, 0) is 9.47 Å². The molecule has 0 rings (SSSR count). The summed E-state index contributed by atoms with van der Waals surface area (Å²) in [5.74, 6) is 0. The molecule has 0 aromatic rings. The quantitative estimate of drug-likeness (QED) is 0.654. The Balaban J connectivity index is 3.70. The van der Waals surface area contributed by atoms with Crippen molar-refractivity contribution in [2.45, 2.75) is 32.5 Å². The van der Waals surface area contributed by atoms with Gasteiger partial charge >= 0.3 is 0 Å². The molecule has 3 heteroatoms. The van der Waals surface area contributed by atoms with Crippen LogP contribution in [0.4, 0.5) is 0 Å². The number of hydrogen-bond acceptors (Lipinski definition) is 3. The van der Waals surface area contributed by atoms with Crippen LogP contribution in [0.15, 0.2) is 0 Å². The van der Waals surface area contributed by atoms with Gasteiger partial charge < -0.3 is 14.8 Å². The number of nitrogens with one attached hydrogen (secondary N) is 1. The second kappa shape index (κ2) is 5.51. The molecule has 3 nitrogen and oxygen atoms in total. The summed E-state index contributed by atoms with van der Waals surface area (Å²) in [6.45, 7) is 7.64. The minimum absolute atomic E-state index is 0.118. The maximum Gasteiger partial charge on any atom is 0.0788 e. The lowest BCUT2D eigenvalue weighted by Crippen LogP contribution is -2.39. The van der Waals surface area contributed by atoms with Gasteiger partial charge in [-0.15, -0.1) is 0 Å². The second-order valence-electron chi connectivity index (χ2n) is 3.67. The fourth-order valence-electron chi connectivity index (χ4n) is 1.28. The van der Waals surface area contributed by atoms with E-state index in [1.807, 2.05) is 14.0 Å². The fourth-order valence-corrected chi connectivity index (χ4v) is 1.28. The molecule has 0 spiro atoms. The fraction of sp³-hybridized carbons (Fsp3) is 1.00. The SMILES string of the molecule is CNCC(C)(C)OC(C)COC. The molecule has 0 aliphatic rings. The van der Waals surface area contributed by atoms with Crippen molar-refractivity contribution in [1.29, 1.82) is 0 Å². The van der Waals surface area contributed by atoms with Gasteiger partial charge in [0.05, 0.1) is 18.3 Å². The smallest absolute Gasteiger partial charge is 0.0788 e. The lowest BCUT2D eigenvalue weighted by Gasteiger charge is -2.28. The van der Waals surface area contributed by atoms with Gasteiger partial charge in [0.25, 0.3) is 0 Å². The standard InChI is InChI=1S/C9H21NO2/c1-8(6-11-5)12-9(2,3)7-10-4/h8,10H,6-7H2,1-5H3. The summed E-state index contributed by atoms with van der Waals surface area (Å²) in [4.78, 5) is 0. The van der Waals surface area contributed by atoms with E-state index in [2.05, 4.69) is 19.2 Å². The van der Waals surface area contributed by atoms with Crippen molar-refractivity contribution in [3.05, 3.63) is 0 Å². The Kier molecular flexibility index (Phi) is 5.46. The van der Waals surface area contributed by atoms with E-state index in [4.69, 9.17) is 9.47 Å². The highest BCUT2D eigenvalue weighted by atomic mass is 16.5. The lowest BCUT2D eigenvalue weighted by molar-refractivity contribution is -0.0852. The van der Waals surface area contributed by atoms with Gasteiger partial charge in [0, 0.05) is 13.7 Å². The van der Waals surface area contributed by atoms with Crippen molar-refractivity contribution < 1.29 is 9.47 Å². The zero-order valence-electron chi connectivity index (χ0n) is 8.81. The Morgan fingerprint density at radius 3 is 2.42 bits per heavy atom. The third kappa shape index (κ3) is 5.52. The van der Waals surface area contributed by atoms with Crippen LogP contribution in [0.2, 0.25) is 0 Å². The van der Waals surface area contributed by atoms with Crippen molar-refractivity contribution in [3.63, 3.8) is 0 Å². The van der Waals surface area contributed by atoms with E-state index in [1.165, 1.54) is 0 Å². The summed E-state index contributed by atoms with van der Waals surface area (Å²) in [5, 5.41) is 3.09. The zero-order chi connectivity index (χ0) is 9.61. The van der Waals surface area contributed by atoms with E-state index >= 15 is 0 Å². The van der Waals surface area contributed by atoms with Crippen molar-refractivity contribution >= 4 is 0 Å². The molecule has 1 atom stereocenters. The Bertz CT molecular complexity index is 115. The van der Waals surface area contributed by atoms with E-state index in [0.717, 1.165) is 6.54 Å². The van der Waals surface area contributed by atoms with Crippen LogP contribution < -0.4 is 5.32 Å². The van der Waals surface area contributed by atoms with E-state index in [1.54, 1.807) is 7.11 Å². The predicted molar refractivity (Wildman–Crippen MR) is 50.4 cm³/mol. The Labute approximate surface area is 75.4 Å². The second-order valence-corrected chi connectivity index (χ2v) is 3.67. The normalized spacial score (nSPS) is 14.8. The molecule has 0 saturated heterocycles. The van der Waals surface area contributed by atoms with Crippen LogP contribution in [0.25, 0.3) is 0 Å². The summed E-state index contributed by atoms with van der Waals surface area (Å²) < 4.78 is 10.7. The maximum absolute atomic E-state index is 5.73. The van der Waals surface area contributed by atoms with Gasteiger partial charge in [-0.1, -0.05) is 0 Å². The first-order valence-electron chi connectivity index (χ1n) is 4.33. The minimum atomic E-state index is -0.118. The van der Waals surface area contributed by atoms with Crippen molar-refractivity contribution in [1.82, 2.24) is 5.32 Å². The molecular weight excluding hydrogens is 154 g/mol. The number of methoxy groups -OCH3 is 1. The molecule has 74 valence electrons. The van der Waals surface area contributed by atoms with Crippen LogP contribution >= 0.6 is 0 Å². The minimum Gasteiger partial charge on any atom is -0.382 e. The molecule has 0 fully saturated rings. The first-order valence-corrected chi connectivity index (χ1v) is 4.33. The molecule has 0 aromatic carbocycles. The Morgan fingerprint density at radius 2 is 2.00 bits per heavy atom. The largest absolute Gasteiger partial charge is 0.382 e. The third-order valence-corrected chi connectivity index (χ3v) is 1.52. The third-order valence-electron chi connectivity index (χ3n) is 1.52. The summed E-state index contributed by atoms with van der Waals surface area (Å²) in [5.41, 5.74) is -0.118. The summed E-state index contributed by atoms with van der Waals surface area (Å²) in [7, 11) is 3.61. The molecule has 1 N–H and O–H groups in total. The molecule has 0 radical (unpaired) electrons. The number of rotatable bonds is 6. The predicted octanol–water partition coefficient (Wildman–Crippen LogP) is 1.04. The van der Waals surface area contributed by atoms with E-state index in [0.29, 0.717) is 6.61 Å². The lowest BCUT2D eigenvalue weighted by atomic mass is 10.1. The van der Waals surface area contributed by atoms with Crippen molar-refractivity contribution in [2.24, 2.45) is 0 Å². The van der Waals surface area contributed by atoms with Gasteiger partial charge in [0.15, 0.2) is 0 Å². The molecule has 0 bridgehead atoms. The van der Waals surface area contributed by atoms with Crippen LogP contribution in [0.5, 0.6) is 0 Å². The topological polar surface area (TPSA) is 30.5 Å². The van der Waals surface area contributed by atoms with Crippen molar-refractivity contribution in [3.8, 4) is 0 Å².